The number of para-hydroxylation sites is 3. The van der Waals surface area contributed by atoms with E-state index in [0.717, 1.165) is 105 Å². The van der Waals surface area contributed by atoms with E-state index in [9.17, 15) is 0 Å². The van der Waals surface area contributed by atoms with Gasteiger partial charge in [0.25, 0.3) is 0 Å². The molecule has 0 fully saturated rings. The molecule has 64 heavy (non-hydrogen) atoms. The minimum absolute atomic E-state index is 0.532. The van der Waals surface area contributed by atoms with Crippen LogP contribution in [-0.2, 0) is 0 Å². The Morgan fingerprint density at radius 3 is 1.25 bits per heavy atom. The number of aromatic nitrogens is 5. The molecule has 7 nitrogen and oxygen atoms in total. The van der Waals surface area contributed by atoms with Crippen molar-refractivity contribution in [3.8, 4) is 45.5 Å². The highest BCUT2D eigenvalue weighted by molar-refractivity contribution is 6.20. The lowest BCUT2D eigenvalue weighted by molar-refractivity contribution is 0.669. The van der Waals surface area contributed by atoms with Crippen LogP contribution in [0.3, 0.4) is 0 Å². The summed E-state index contributed by atoms with van der Waals surface area (Å²) >= 11 is 0. The van der Waals surface area contributed by atoms with Gasteiger partial charge < -0.3 is 13.4 Å². The van der Waals surface area contributed by atoms with E-state index in [2.05, 4.69) is 124 Å². The van der Waals surface area contributed by atoms with E-state index in [4.69, 9.17) is 23.8 Å². The molecule has 7 heteroatoms. The summed E-state index contributed by atoms with van der Waals surface area (Å²) in [6.07, 6.45) is 0. The molecule has 0 aliphatic carbocycles. The zero-order valence-electron chi connectivity index (χ0n) is 34.1. The number of rotatable bonds is 5. The standard InChI is InChI=1S/C57H33N5O2/c1-4-14-34(15-5-1)55-58-56(35-16-6-2-7-17-35)60-57(59-55)62-48-27-25-37(29-42(48)44-31-46-40-21-11-13-23-52(40)64-54(46)33-50(44)62)36-24-26-47-41(28-36)43-30-45-39-20-10-12-22-51(39)63-53(45)32-49(43)61(47)38-18-8-3-9-19-38/h1-33H. The summed E-state index contributed by atoms with van der Waals surface area (Å²) in [6, 6.07) is 69.8. The number of fused-ring (bicyclic) bond motifs is 12. The van der Waals surface area contributed by atoms with Gasteiger partial charge in [0.05, 0.1) is 22.1 Å². The Kier molecular flexibility index (Phi) is 7.27. The van der Waals surface area contributed by atoms with E-state index in [1.807, 2.05) is 84.9 Å². The average Bonchev–Trinajstić information content (AvgIpc) is 4.10. The van der Waals surface area contributed by atoms with E-state index in [-0.39, 0.29) is 0 Å². The summed E-state index contributed by atoms with van der Waals surface area (Å²) in [7, 11) is 0. The molecule has 5 aromatic heterocycles. The highest BCUT2D eigenvalue weighted by Gasteiger charge is 2.22. The predicted octanol–water partition coefficient (Wildman–Crippen LogP) is 14.9. The quantitative estimate of drug-likeness (QED) is 0.173. The molecule has 0 aliphatic rings. The lowest BCUT2D eigenvalue weighted by Gasteiger charge is -2.11. The minimum Gasteiger partial charge on any atom is -0.456 e. The number of benzene rings is 9. The number of hydrogen-bond donors (Lipinski definition) is 0. The molecule has 0 radical (unpaired) electrons. The van der Waals surface area contributed by atoms with E-state index >= 15 is 0 Å². The fourth-order valence-electron chi connectivity index (χ4n) is 9.80. The van der Waals surface area contributed by atoms with Crippen molar-refractivity contribution in [2.24, 2.45) is 0 Å². The van der Waals surface area contributed by atoms with Crippen molar-refractivity contribution in [3.05, 3.63) is 200 Å². The van der Waals surface area contributed by atoms with E-state index < -0.39 is 0 Å². The molecule has 9 aromatic carbocycles. The molecule has 298 valence electrons. The topological polar surface area (TPSA) is 74.8 Å². The third-order valence-electron chi connectivity index (χ3n) is 12.8. The van der Waals surface area contributed by atoms with Crippen molar-refractivity contribution in [2.45, 2.75) is 0 Å². The van der Waals surface area contributed by atoms with Crippen LogP contribution in [0.1, 0.15) is 0 Å². The normalized spacial score (nSPS) is 12.1. The van der Waals surface area contributed by atoms with Crippen LogP contribution in [0, 0.1) is 0 Å². The monoisotopic (exact) mass is 819 g/mol. The summed E-state index contributed by atoms with van der Waals surface area (Å²) in [6.45, 7) is 0. The van der Waals surface area contributed by atoms with Crippen LogP contribution < -0.4 is 0 Å². The predicted molar refractivity (Wildman–Crippen MR) is 259 cm³/mol. The first kappa shape index (κ1) is 34.9. The van der Waals surface area contributed by atoms with Crippen LogP contribution in [0.5, 0.6) is 0 Å². The van der Waals surface area contributed by atoms with Crippen LogP contribution in [0.4, 0.5) is 0 Å². The van der Waals surface area contributed by atoms with Crippen molar-refractivity contribution < 1.29 is 8.83 Å². The van der Waals surface area contributed by atoms with Gasteiger partial charge in [-0.15, -0.1) is 0 Å². The molecule has 0 N–H and O–H groups in total. The zero-order chi connectivity index (χ0) is 41.9. The highest BCUT2D eigenvalue weighted by Crippen LogP contribution is 2.42. The second-order valence-corrected chi connectivity index (χ2v) is 16.4. The van der Waals surface area contributed by atoms with Gasteiger partial charge in [-0.05, 0) is 71.8 Å². The fraction of sp³-hybridized carbons (Fsp3) is 0. The molecule has 0 amide bonds. The number of nitrogens with zero attached hydrogens (tertiary/aromatic N) is 5. The highest BCUT2D eigenvalue weighted by atomic mass is 16.3. The Morgan fingerprint density at radius 1 is 0.281 bits per heavy atom. The van der Waals surface area contributed by atoms with Gasteiger partial charge in [-0.1, -0.05) is 127 Å². The van der Waals surface area contributed by atoms with Gasteiger partial charge in [0.2, 0.25) is 5.95 Å². The minimum atomic E-state index is 0.532. The average molecular weight is 820 g/mol. The van der Waals surface area contributed by atoms with E-state index in [1.54, 1.807) is 0 Å². The van der Waals surface area contributed by atoms with Crippen molar-refractivity contribution in [2.75, 3.05) is 0 Å². The fourth-order valence-corrected chi connectivity index (χ4v) is 9.80. The first-order valence-corrected chi connectivity index (χ1v) is 21.4. The number of furan rings is 2. The molecule has 0 saturated heterocycles. The third kappa shape index (κ3) is 5.18. The Balaban J connectivity index is 1.03. The van der Waals surface area contributed by atoms with Crippen LogP contribution in [0.25, 0.3) is 133 Å². The molecule has 0 bridgehead atoms. The van der Waals surface area contributed by atoms with Gasteiger partial charge in [0.15, 0.2) is 11.6 Å². The SMILES string of the molecule is c1ccc(-c2nc(-c3ccccc3)nc(-n3c4ccc(-c5ccc6c(c5)c5cc7c(cc5n6-c5ccccc5)oc5ccccc57)cc4c4cc5c(cc43)oc3ccccc35)n2)cc1. The number of hydrogen-bond acceptors (Lipinski definition) is 5. The van der Waals surface area contributed by atoms with E-state index in [1.165, 1.54) is 10.8 Å². The summed E-state index contributed by atoms with van der Waals surface area (Å²) in [5, 5.41) is 8.87. The van der Waals surface area contributed by atoms with Crippen molar-refractivity contribution in [1.82, 2.24) is 24.1 Å². The third-order valence-corrected chi connectivity index (χ3v) is 12.8. The van der Waals surface area contributed by atoms with Crippen LogP contribution in [0.2, 0.25) is 0 Å². The second-order valence-electron chi connectivity index (χ2n) is 16.4. The lowest BCUT2D eigenvalue weighted by Crippen LogP contribution is -2.06. The van der Waals surface area contributed by atoms with Crippen molar-refractivity contribution in [1.29, 1.82) is 0 Å². The summed E-state index contributed by atoms with van der Waals surface area (Å²) in [5.74, 6) is 1.73. The Morgan fingerprint density at radius 2 is 0.719 bits per heavy atom. The van der Waals surface area contributed by atoms with Gasteiger partial charge >= 0.3 is 0 Å². The lowest BCUT2D eigenvalue weighted by atomic mass is 10.00. The van der Waals surface area contributed by atoms with Crippen molar-refractivity contribution >= 4 is 87.5 Å². The second kappa shape index (κ2) is 13.3. The first-order valence-electron chi connectivity index (χ1n) is 21.4. The molecule has 0 atom stereocenters. The molecule has 0 spiro atoms. The maximum Gasteiger partial charge on any atom is 0.238 e. The molecule has 0 aliphatic heterocycles. The molecule has 5 heterocycles. The maximum atomic E-state index is 6.51. The molecule has 14 aromatic rings. The molecule has 0 unspecified atom stereocenters. The van der Waals surface area contributed by atoms with Crippen molar-refractivity contribution in [3.63, 3.8) is 0 Å². The summed E-state index contributed by atoms with van der Waals surface area (Å²) in [4.78, 5) is 15.4. The van der Waals surface area contributed by atoms with E-state index in [0.29, 0.717) is 17.6 Å². The summed E-state index contributed by atoms with van der Waals surface area (Å²) in [5.41, 5.74) is 12.7. The molecular formula is C57H33N5O2. The molecular weight excluding hydrogens is 787 g/mol. The molecule has 0 saturated carbocycles. The Hall–Kier alpha value is -8.81. The largest absolute Gasteiger partial charge is 0.456 e. The molecule has 14 rings (SSSR count). The van der Waals surface area contributed by atoms with Crippen LogP contribution in [-0.4, -0.2) is 24.1 Å². The first-order chi connectivity index (χ1) is 31.7. The van der Waals surface area contributed by atoms with Gasteiger partial charge in [0.1, 0.15) is 22.3 Å². The Bertz CT molecular complexity index is 4120. The van der Waals surface area contributed by atoms with Crippen LogP contribution >= 0.6 is 0 Å². The summed E-state index contributed by atoms with van der Waals surface area (Å²) < 4.78 is 17.4. The Labute approximate surface area is 364 Å². The van der Waals surface area contributed by atoms with Gasteiger partial charge in [-0.3, -0.25) is 4.57 Å². The van der Waals surface area contributed by atoms with Gasteiger partial charge in [0, 0.05) is 72.0 Å². The maximum absolute atomic E-state index is 6.51. The zero-order valence-corrected chi connectivity index (χ0v) is 34.1. The van der Waals surface area contributed by atoms with Gasteiger partial charge in [-0.25, -0.2) is 4.98 Å². The smallest absolute Gasteiger partial charge is 0.238 e. The van der Waals surface area contributed by atoms with Crippen LogP contribution in [0.15, 0.2) is 209 Å². The van der Waals surface area contributed by atoms with Gasteiger partial charge in [-0.2, -0.15) is 9.97 Å².